The molecule has 3 aliphatic heterocycles. The number of aryl methyl sites for hydroxylation is 1. The van der Waals surface area contributed by atoms with Gasteiger partial charge in [-0.3, -0.25) is 34.3 Å². The van der Waals surface area contributed by atoms with Crippen molar-refractivity contribution in [2.75, 3.05) is 42.1 Å². The van der Waals surface area contributed by atoms with Crippen LogP contribution in [0.4, 0.5) is 21.7 Å². The van der Waals surface area contributed by atoms with Crippen LogP contribution in [0.2, 0.25) is 0 Å². The highest BCUT2D eigenvalue weighted by molar-refractivity contribution is 7.91. The van der Waals surface area contributed by atoms with Crippen LogP contribution in [-0.2, 0) is 32.4 Å². The third kappa shape index (κ3) is 8.27. The van der Waals surface area contributed by atoms with Crippen molar-refractivity contribution in [2.24, 2.45) is 5.92 Å². The molecular formula is C42H47FN12O6S. The van der Waals surface area contributed by atoms with Crippen molar-refractivity contribution in [3.05, 3.63) is 77.6 Å². The average Bonchev–Trinajstić information content (AvgIpc) is 3.97. The first-order chi connectivity index (χ1) is 29.9. The molecule has 4 amide bonds. The Morgan fingerprint density at radius 1 is 0.935 bits per heavy atom. The minimum absolute atomic E-state index is 0.00797. The molecule has 6 heterocycles. The predicted octanol–water partition coefficient (Wildman–Crippen LogP) is 4.03. The fourth-order valence-corrected chi connectivity index (χ4v) is 10.3. The molecular weight excluding hydrogens is 820 g/mol. The molecule has 62 heavy (non-hydrogen) atoms. The smallest absolute Gasteiger partial charge is 0.262 e. The van der Waals surface area contributed by atoms with Gasteiger partial charge in [-0.25, -0.2) is 27.2 Å². The number of aromatic nitrogens is 7. The molecule has 3 aromatic heterocycles. The van der Waals surface area contributed by atoms with E-state index in [1.807, 2.05) is 22.7 Å². The van der Waals surface area contributed by atoms with Crippen molar-refractivity contribution >= 4 is 61.8 Å². The Morgan fingerprint density at radius 2 is 1.68 bits per heavy atom. The fourth-order valence-electron chi connectivity index (χ4n) is 8.95. The zero-order valence-corrected chi connectivity index (χ0v) is 35.1. The average molecular weight is 867 g/mol. The molecule has 1 aliphatic carbocycles. The molecule has 5 aromatic rings. The van der Waals surface area contributed by atoms with Gasteiger partial charge in [0.25, 0.3) is 11.8 Å². The highest BCUT2D eigenvalue weighted by Gasteiger charge is 2.45. The van der Waals surface area contributed by atoms with E-state index in [0.717, 1.165) is 28.5 Å². The molecule has 1 saturated carbocycles. The number of carbonyl (C=O) groups excluding carboxylic acids is 4. The lowest BCUT2D eigenvalue weighted by Gasteiger charge is -2.39. The van der Waals surface area contributed by atoms with E-state index in [1.165, 1.54) is 38.2 Å². The zero-order chi connectivity index (χ0) is 43.1. The van der Waals surface area contributed by atoms with Crippen LogP contribution in [0.3, 0.4) is 0 Å². The van der Waals surface area contributed by atoms with Gasteiger partial charge >= 0.3 is 0 Å². The monoisotopic (exact) mass is 866 g/mol. The lowest BCUT2D eigenvalue weighted by Crippen LogP contribution is -2.54. The minimum atomic E-state index is -3.57. The van der Waals surface area contributed by atoms with E-state index >= 15 is 4.39 Å². The maximum absolute atomic E-state index is 15.5. The van der Waals surface area contributed by atoms with Gasteiger partial charge in [-0.05, 0) is 81.3 Å². The fraction of sp³-hybridized carbons (Fsp3) is 0.452. The standard InChI is InChI=1S/C42H47FN12O6S/c1-26(51-15-17-52(18-16-51)36-21-33-32(20-34(36)43)40(58)55(41(33)59)35-13-14-37(56)47-39(35)57)53-25-30(49-50-53)8-5-19-62(60,61)31-11-9-29(10-12-31)46-42-44-22-28-23-45-54(38(28)48-42)24-27-6-3-2-4-7-27/h9-12,20-23,25-27,35H,2-8,13-19,24H2,1H3,(H,44,46,48)(H,47,56,57). The maximum atomic E-state index is 15.5. The molecule has 2 aromatic carbocycles. The summed E-state index contributed by atoms with van der Waals surface area (Å²) >= 11 is 0. The second-order valence-electron chi connectivity index (χ2n) is 16.5. The molecule has 4 aliphatic rings. The Kier molecular flexibility index (Phi) is 11.3. The summed E-state index contributed by atoms with van der Waals surface area (Å²) in [6, 6.07) is 7.86. The second kappa shape index (κ2) is 17.0. The van der Waals surface area contributed by atoms with Gasteiger partial charge in [-0.2, -0.15) is 10.1 Å². The molecule has 0 radical (unpaired) electrons. The van der Waals surface area contributed by atoms with Crippen LogP contribution < -0.4 is 15.5 Å². The summed E-state index contributed by atoms with van der Waals surface area (Å²) < 4.78 is 45.7. The quantitative estimate of drug-likeness (QED) is 0.160. The minimum Gasteiger partial charge on any atom is -0.367 e. The summed E-state index contributed by atoms with van der Waals surface area (Å²) in [6.07, 6.45) is 12.1. The van der Waals surface area contributed by atoms with E-state index in [4.69, 9.17) is 4.98 Å². The van der Waals surface area contributed by atoms with Crippen LogP contribution in [0.1, 0.15) is 90.9 Å². The van der Waals surface area contributed by atoms with E-state index in [9.17, 15) is 27.6 Å². The Hall–Kier alpha value is -6.15. The Balaban J connectivity index is 0.755. The molecule has 2 unspecified atom stereocenters. The Bertz CT molecular complexity index is 2650. The number of amides is 4. The summed E-state index contributed by atoms with van der Waals surface area (Å²) in [7, 11) is -3.57. The van der Waals surface area contributed by atoms with Gasteiger partial charge in [0.15, 0.2) is 15.5 Å². The SMILES string of the molecule is CC(N1CCN(c2cc3c(cc2F)C(=O)N(C2CCC(=O)NC2=O)C3=O)CC1)n1cc(CCCS(=O)(=O)c2ccc(Nc3ncc4cnn(CC5CCCCC5)c4n3)cc2)nn1. The van der Waals surface area contributed by atoms with E-state index in [2.05, 4.69) is 35.9 Å². The summed E-state index contributed by atoms with van der Waals surface area (Å²) in [4.78, 5) is 64.7. The second-order valence-corrected chi connectivity index (χ2v) is 18.6. The predicted molar refractivity (Wildman–Crippen MR) is 224 cm³/mol. The number of anilines is 3. The lowest BCUT2D eigenvalue weighted by molar-refractivity contribution is -0.136. The normalized spacial score (nSPS) is 19.6. The van der Waals surface area contributed by atoms with Crippen LogP contribution in [0.25, 0.3) is 11.0 Å². The van der Waals surface area contributed by atoms with Crippen molar-refractivity contribution in [1.29, 1.82) is 0 Å². The number of rotatable bonds is 13. The third-order valence-corrected chi connectivity index (χ3v) is 14.3. The number of nitrogens with one attached hydrogen (secondary N) is 2. The van der Waals surface area contributed by atoms with Crippen molar-refractivity contribution < 1.29 is 32.0 Å². The number of benzene rings is 2. The molecule has 0 spiro atoms. The van der Waals surface area contributed by atoms with Crippen molar-refractivity contribution in [3.63, 3.8) is 0 Å². The molecule has 0 bridgehead atoms. The molecule has 2 atom stereocenters. The Labute approximate surface area is 356 Å². The van der Waals surface area contributed by atoms with Crippen molar-refractivity contribution in [1.82, 2.24) is 49.9 Å². The van der Waals surface area contributed by atoms with Crippen LogP contribution in [-0.4, -0.2) is 115 Å². The van der Waals surface area contributed by atoms with Crippen LogP contribution in [0, 0.1) is 11.7 Å². The summed E-state index contributed by atoms with van der Waals surface area (Å²) in [5.74, 6) is -2.35. The summed E-state index contributed by atoms with van der Waals surface area (Å²) in [5, 5.41) is 19.4. The van der Waals surface area contributed by atoms with Crippen molar-refractivity contribution in [3.8, 4) is 0 Å². The van der Waals surface area contributed by atoms with E-state index in [-0.39, 0.29) is 46.5 Å². The van der Waals surface area contributed by atoms with Crippen molar-refractivity contribution in [2.45, 2.75) is 88.4 Å². The molecule has 324 valence electrons. The van der Waals surface area contributed by atoms with Gasteiger partial charge in [0.05, 0.1) is 50.9 Å². The third-order valence-electron chi connectivity index (χ3n) is 12.5. The number of hydrogen-bond acceptors (Lipinski definition) is 14. The number of sulfone groups is 1. The summed E-state index contributed by atoms with van der Waals surface area (Å²) in [5.41, 5.74) is 2.20. The molecule has 2 saturated heterocycles. The van der Waals surface area contributed by atoms with Gasteiger partial charge in [0.2, 0.25) is 17.8 Å². The first kappa shape index (κ1) is 41.2. The first-order valence-corrected chi connectivity index (χ1v) is 22.8. The molecule has 18 nitrogen and oxygen atoms in total. The molecule has 2 N–H and O–H groups in total. The van der Waals surface area contributed by atoms with E-state index in [1.54, 1.807) is 41.3 Å². The number of piperazine rings is 1. The Morgan fingerprint density at radius 3 is 2.42 bits per heavy atom. The van der Waals surface area contributed by atoms with Gasteiger partial charge in [-0.1, -0.05) is 24.5 Å². The number of nitrogens with zero attached hydrogens (tertiary/aromatic N) is 10. The number of piperidine rings is 1. The highest BCUT2D eigenvalue weighted by Crippen LogP contribution is 2.34. The lowest BCUT2D eigenvalue weighted by atomic mass is 9.89. The number of halogens is 1. The highest BCUT2D eigenvalue weighted by atomic mass is 32.2. The first-order valence-electron chi connectivity index (χ1n) is 21.1. The van der Waals surface area contributed by atoms with Gasteiger partial charge < -0.3 is 10.2 Å². The number of carbonyl (C=O) groups is 4. The van der Waals surface area contributed by atoms with E-state index < -0.39 is 45.3 Å². The van der Waals surface area contributed by atoms with Gasteiger partial charge in [0.1, 0.15) is 18.0 Å². The molecule has 9 rings (SSSR count). The number of fused-ring (bicyclic) bond motifs is 2. The number of hydrogen-bond donors (Lipinski definition) is 2. The maximum Gasteiger partial charge on any atom is 0.262 e. The van der Waals surface area contributed by atoms with Crippen LogP contribution in [0.5, 0.6) is 0 Å². The summed E-state index contributed by atoms with van der Waals surface area (Å²) in [6.45, 7) is 4.71. The van der Waals surface area contributed by atoms with Crippen LogP contribution >= 0.6 is 0 Å². The van der Waals surface area contributed by atoms with Crippen LogP contribution in [0.15, 0.2) is 59.9 Å². The molecule has 20 heteroatoms. The number of imide groups is 2. The van der Waals surface area contributed by atoms with Gasteiger partial charge in [0, 0.05) is 51.0 Å². The topological polar surface area (TPSA) is 211 Å². The molecule has 3 fully saturated rings. The van der Waals surface area contributed by atoms with E-state index in [0.29, 0.717) is 62.3 Å². The van der Waals surface area contributed by atoms with Gasteiger partial charge in [-0.15, -0.1) is 5.10 Å². The zero-order valence-electron chi connectivity index (χ0n) is 34.2. The largest absolute Gasteiger partial charge is 0.367 e.